The van der Waals surface area contributed by atoms with Crippen LogP contribution in [0.2, 0.25) is 0 Å². The maximum Gasteiger partial charge on any atom is 0.458 e. The highest BCUT2D eigenvalue weighted by Crippen LogP contribution is 2.47. The first-order chi connectivity index (χ1) is 9.91. The van der Waals surface area contributed by atoms with E-state index in [1.54, 1.807) is 13.8 Å². The molecule has 3 nitrogen and oxygen atoms in total. The zero-order valence-corrected chi connectivity index (χ0v) is 12.1. The molecule has 1 heterocycles. The predicted octanol–water partition coefficient (Wildman–Crippen LogP) is 3.13. The second kappa shape index (κ2) is 5.06. The molecule has 2 N–H and O–H groups in total. The highest BCUT2D eigenvalue weighted by atomic mass is 19.4. The number of rotatable bonds is 2. The van der Waals surface area contributed by atoms with Crippen molar-refractivity contribution < 1.29 is 31.8 Å². The molecule has 8 heteroatoms. The Bertz CT molecular complexity index is 571. The second-order valence-corrected chi connectivity index (χ2v) is 5.74. The van der Waals surface area contributed by atoms with Gasteiger partial charge in [-0.05, 0) is 39.1 Å². The number of alkyl halides is 5. The summed E-state index contributed by atoms with van der Waals surface area (Å²) in [4.78, 5) is 0. The molecule has 0 amide bonds. The molecule has 1 aliphatic heterocycles. The number of aliphatic hydroxyl groups is 1. The first kappa shape index (κ1) is 17.0. The molecule has 0 radical (unpaired) electrons. The van der Waals surface area contributed by atoms with Gasteiger partial charge in [-0.15, -0.1) is 0 Å². The van der Waals surface area contributed by atoms with Crippen LogP contribution in [0.15, 0.2) is 18.2 Å². The lowest BCUT2D eigenvalue weighted by Gasteiger charge is -2.42. The van der Waals surface area contributed by atoms with Gasteiger partial charge in [0, 0.05) is 11.1 Å². The number of nitrogens with one attached hydrogen (secondary N) is 1. The van der Waals surface area contributed by atoms with Crippen LogP contribution in [0.1, 0.15) is 31.0 Å². The molecule has 0 saturated heterocycles. The molecule has 124 valence electrons. The lowest BCUT2D eigenvalue weighted by atomic mass is 9.85. The van der Waals surface area contributed by atoms with Gasteiger partial charge in [0.25, 0.3) is 0 Å². The van der Waals surface area contributed by atoms with E-state index >= 15 is 0 Å². The lowest BCUT2D eigenvalue weighted by Crippen LogP contribution is -2.52. The van der Waals surface area contributed by atoms with Gasteiger partial charge < -0.3 is 15.2 Å². The van der Waals surface area contributed by atoms with E-state index in [0.29, 0.717) is 6.07 Å². The fourth-order valence-corrected chi connectivity index (χ4v) is 2.47. The summed E-state index contributed by atoms with van der Waals surface area (Å²) in [5.74, 6) is -4.81. The number of aliphatic hydroxyl groups excluding tert-OH is 1. The number of hydrogen-bond acceptors (Lipinski definition) is 3. The van der Waals surface area contributed by atoms with Gasteiger partial charge in [0.1, 0.15) is 17.5 Å². The van der Waals surface area contributed by atoms with E-state index in [9.17, 15) is 27.1 Å². The van der Waals surface area contributed by atoms with Gasteiger partial charge in [-0.25, -0.2) is 0 Å². The minimum Gasteiger partial charge on any atom is -0.485 e. The molecule has 1 aliphatic rings. The third-order valence-corrected chi connectivity index (χ3v) is 3.78. The van der Waals surface area contributed by atoms with E-state index in [1.165, 1.54) is 7.05 Å². The number of benzene rings is 1. The molecule has 0 saturated carbocycles. The lowest BCUT2D eigenvalue weighted by molar-refractivity contribution is -0.289. The van der Waals surface area contributed by atoms with Crippen LogP contribution in [0.4, 0.5) is 22.0 Å². The molecule has 1 aromatic carbocycles. The highest BCUT2D eigenvalue weighted by Gasteiger charge is 2.59. The fourth-order valence-electron chi connectivity index (χ4n) is 2.47. The third-order valence-electron chi connectivity index (χ3n) is 3.78. The first-order valence-corrected chi connectivity index (χ1v) is 6.55. The van der Waals surface area contributed by atoms with E-state index in [4.69, 9.17) is 4.74 Å². The Labute approximate surface area is 124 Å². The number of fused-ring (bicyclic) bond motifs is 1. The monoisotopic (exact) mass is 325 g/mol. The number of halogens is 5. The molecule has 0 unspecified atom stereocenters. The normalized spacial score (nSPS) is 24.6. The molecule has 0 aliphatic carbocycles. The van der Waals surface area contributed by atoms with Crippen LogP contribution in [-0.4, -0.2) is 30.0 Å². The molecular formula is C14H16F5NO2. The summed E-state index contributed by atoms with van der Waals surface area (Å²) < 4.78 is 69.9. The zero-order valence-electron chi connectivity index (χ0n) is 12.1. The Hall–Kier alpha value is -1.41. The van der Waals surface area contributed by atoms with Crippen molar-refractivity contribution in [2.24, 2.45) is 0 Å². The highest BCUT2D eigenvalue weighted by molar-refractivity contribution is 5.44. The molecule has 0 bridgehead atoms. The largest absolute Gasteiger partial charge is 0.485 e. The van der Waals surface area contributed by atoms with Crippen molar-refractivity contribution in [2.45, 2.75) is 43.7 Å². The van der Waals surface area contributed by atoms with Crippen LogP contribution in [0.3, 0.4) is 0 Å². The second-order valence-electron chi connectivity index (χ2n) is 5.74. The molecule has 2 rings (SSSR count). The van der Waals surface area contributed by atoms with Crippen LogP contribution >= 0.6 is 0 Å². The summed E-state index contributed by atoms with van der Waals surface area (Å²) >= 11 is 0. The molecule has 2 atom stereocenters. The van der Waals surface area contributed by atoms with E-state index in [-0.39, 0.29) is 11.3 Å². The molecule has 0 spiro atoms. The van der Waals surface area contributed by atoms with Gasteiger partial charge in [0.05, 0.1) is 6.04 Å². The van der Waals surface area contributed by atoms with Crippen LogP contribution in [0, 0.1) is 0 Å². The smallest absolute Gasteiger partial charge is 0.458 e. The van der Waals surface area contributed by atoms with Crippen LogP contribution in [0.5, 0.6) is 5.75 Å². The summed E-state index contributed by atoms with van der Waals surface area (Å²) in [6.07, 6.45) is -6.80. The minimum absolute atomic E-state index is 0.0655. The molecule has 0 aromatic heterocycles. The van der Waals surface area contributed by atoms with Crippen molar-refractivity contribution >= 4 is 0 Å². The van der Waals surface area contributed by atoms with Crippen LogP contribution in [0.25, 0.3) is 0 Å². The summed E-state index contributed by atoms with van der Waals surface area (Å²) in [6.45, 7) is 3.20. The van der Waals surface area contributed by atoms with Gasteiger partial charge in [0.15, 0.2) is 0 Å². The van der Waals surface area contributed by atoms with Crippen molar-refractivity contribution in [1.82, 2.24) is 5.32 Å². The summed E-state index contributed by atoms with van der Waals surface area (Å²) in [7, 11) is 1.48. The maximum atomic E-state index is 13.5. The first-order valence-electron chi connectivity index (χ1n) is 6.55. The minimum atomic E-state index is -5.69. The van der Waals surface area contributed by atoms with Gasteiger partial charge in [0.2, 0.25) is 0 Å². The zero-order chi connectivity index (χ0) is 16.9. The Morgan fingerprint density at radius 3 is 2.27 bits per heavy atom. The standard InChI is InChI=1S/C14H16F5NO2/c1-12(2)11(21)10(20-3)8-6-7(4-5-9(8)22-12)13(15,16)14(17,18)19/h4-6,10-11,20-21H,1-3H3/t10-,11+/m1/s1. The summed E-state index contributed by atoms with van der Waals surface area (Å²) in [5, 5.41) is 12.9. The topological polar surface area (TPSA) is 41.5 Å². The molecular weight excluding hydrogens is 309 g/mol. The van der Waals surface area contributed by atoms with Crippen molar-refractivity contribution in [3.05, 3.63) is 29.3 Å². The van der Waals surface area contributed by atoms with Gasteiger partial charge in [-0.2, -0.15) is 22.0 Å². The number of ether oxygens (including phenoxy) is 1. The van der Waals surface area contributed by atoms with E-state index in [2.05, 4.69) is 5.32 Å². The predicted molar refractivity (Wildman–Crippen MR) is 68.9 cm³/mol. The Kier molecular flexibility index (Phi) is 3.90. The van der Waals surface area contributed by atoms with Crippen molar-refractivity contribution in [1.29, 1.82) is 0 Å². The Morgan fingerprint density at radius 2 is 1.77 bits per heavy atom. The van der Waals surface area contributed by atoms with Crippen LogP contribution < -0.4 is 10.1 Å². The van der Waals surface area contributed by atoms with Crippen molar-refractivity contribution in [2.75, 3.05) is 7.05 Å². The van der Waals surface area contributed by atoms with Gasteiger partial charge in [-0.3, -0.25) is 0 Å². The molecule has 1 aromatic rings. The third kappa shape index (κ3) is 2.54. The van der Waals surface area contributed by atoms with Crippen molar-refractivity contribution in [3.8, 4) is 5.75 Å². The SMILES string of the molecule is CN[C@@H]1c2cc(C(F)(F)C(F)(F)F)ccc2OC(C)(C)[C@H]1O. The number of hydrogen-bond donors (Lipinski definition) is 2. The van der Waals surface area contributed by atoms with Gasteiger partial charge in [-0.1, -0.05) is 0 Å². The quantitative estimate of drug-likeness (QED) is 0.821. The average molecular weight is 325 g/mol. The fraction of sp³-hybridized carbons (Fsp3) is 0.571. The van der Waals surface area contributed by atoms with Gasteiger partial charge >= 0.3 is 12.1 Å². The Morgan fingerprint density at radius 1 is 1.18 bits per heavy atom. The number of likely N-dealkylation sites (N-methyl/N-ethyl adjacent to an activating group) is 1. The van der Waals surface area contributed by atoms with Crippen molar-refractivity contribution in [3.63, 3.8) is 0 Å². The van der Waals surface area contributed by atoms with Crippen LogP contribution in [-0.2, 0) is 5.92 Å². The molecule has 22 heavy (non-hydrogen) atoms. The van der Waals surface area contributed by atoms with E-state index < -0.39 is 35.4 Å². The summed E-state index contributed by atoms with van der Waals surface area (Å²) in [5.41, 5.74) is -2.13. The summed E-state index contributed by atoms with van der Waals surface area (Å²) in [6, 6.07) is 1.67. The Balaban J connectivity index is 2.54. The average Bonchev–Trinajstić information content (AvgIpc) is 2.38. The van der Waals surface area contributed by atoms with E-state index in [1.807, 2.05) is 0 Å². The molecule has 0 fully saturated rings. The van der Waals surface area contributed by atoms with E-state index in [0.717, 1.165) is 12.1 Å². The maximum absolute atomic E-state index is 13.5.